The highest BCUT2D eigenvalue weighted by atomic mass is 16.3. The zero-order chi connectivity index (χ0) is 15.2. The summed E-state index contributed by atoms with van der Waals surface area (Å²) in [6.07, 6.45) is 1.41. The summed E-state index contributed by atoms with van der Waals surface area (Å²) in [5.41, 5.74) is 0.936. The van der Waals surface area contributed by atoms with E-state index in [-0.39, 0.29) is 17.1 Å². The van der Waals surface area contributed by atoms with E-state index in [1.165, 1.54) is 30.3 Å². The summed E-state index contributed by atoms with van der Waals surface area (Å²) in [6, 6.07) is 14.0. The van der Waals surface area contributed by atoms with Gasteiger partial charge >= 0.3 is 0 Å². The number of nitrogens with zero attached hydrogens (tertiary/aromatic N) is 1. The standard InChI is InChI=1S/C16H12N2O3/c17-10-12(8-11-4-6-14(19)7-5-11)16(21)18-13-2-1-3-15(20)9-13/h1-9,19-20H,(H,18,21)/b12-8+. The van der Waals surface area contributed by atoms with E-state index in [9.17, 15) is 15.0 Å². The number of phenolic OH excluding ortho intramolecular Hbond substituents is 2. The molecule has 104 valence electrons. The van der Waals surface area contributed by atoms with Crippen molar-refractivity contribution in [1.82, 2.24) is 0 Å². The average molecular weight is 280 g/mol. The van der Waals surface area contributed by atoms with Crippen LogP contribution in [0, 0.1) is 11.3 Å². The van der Waals surface area contributed by atoms with Crippen molar-refractivity contribution in [2.45, 2.75) is 0 Å². The number of benzene rings is 2. The number of phenols is 2. The molecule has 2 aromatic carbocycles. The van der Waals surface area contributed by atoms with Crippen LogP contribution >= 0.6 is 0 Å². The number of anilines is 1. The van der Waals surface area contributed by atoms with E-state index in [0.29, 0.717) is 11.3 Å². The Balaban J connectivity index is 2.19. The number of amides is 1. The summed E-state index contributed by atoms with van der Waals surface area (Å²) in [5, 5.41) is 30.1. The lowest BCUT2D eigenvalue weighted by molar-refractivity contribution is -0.112. The first-order chi connectivity index (χ1) is 10.1. The first-order valence-electron chi connectivity index (χ1n) is 6.10. The molecule has 5 nitrogen and oxygen atoms in total. The van der Waals surface area contributed by atoms with E-state index in [1.54, 1.807) is 24.3 Å². The van der Waals surface area contributed by atoms with Gasteiger partial charge in [-0.1, -0.05) is 18.2 Å². The molecule has 0 saturated carbocycles. The van der Waals surface area contributed by atoms with Gasteiger partial charge in [-0.25, -0.2) is 0 Å². The molecule has 2 aromatic rings. The van der Waals surface area contributed by atoms with Gasteiger partial charge in [0.1, 0.15) is 23.1 Å². The Morgan fingerprint density at radius 2 is 1.81 bits per heavy atom. The van der Waals surface area contributed by atoms with Gasteiger partial charge in [-0.2, -0.15) is 5.26 Å². The number of rotatable bonds is 3. The van der Waals surface area contributed by atoms with Gasteiger partial charge in [0.15, 0.2) is 0 Å². The third-order valence-electron chi connectivity index (χ3n) is 2.67. The molecule has 0 bridgehead atoms. The van der Waals surface area contributed by atoms with Gasteiger partial charge in [0.05, 0.1) is 0 Å². The minimum atomic E-state index is -0.573. The smallest absolute Gasteiger partial charge is 0.266 e. The molecular formula is C16H12N2O3. The highest BCUT2D eigenvalue weighted by Gasteiger charge is 2.09. The normalized spacial score (nSPS) is 10.7. The van der Waals surface area contributed by atoms with Crippen LogP contribution in [0.25, 0.3) is 6.08 Å². The molecule has 0 radical (unpaired) electrons. The van der Waals surface area contributed by atoms with Crippen molar-refractivity contribution in [2.24, 2.45) is 0 Å². The molecule has 2 rings (SSSR count). The van der Waals surface area contributed by atoms with Gasteiger partial charge in [0, 0.05) is 11.8 Å². The molecule has 0 spiro atoms. The van der Waals surface area contributed by atoms with E-state index in [2.05, 4.69) is 5.32 Å². The van der Waals surface area contributed by atoms with Gasteiger partial charge in [0.2, 0.25) is 0 Å². The van der Waals surface area contributed by atoms with Crippen LogP contribution in [0.5, 0.6) is 11.5 Å². The summed E-state index contributed by atoms with van der Waals surface area (Å²) in [7, 11) is 0. The molecule has 0 atom stereocenters. The fraction of sp³-hybridized carbons (Fsp3) is 0. The van der Waals surface area contributed by atoms with Crippen LogP contribution in [0.4, 0.5) is 5.69 Å². The summed E-state index contributed by atoms with van der Waals surface area (Å²) >= 11 is 0. The highest BCUT2D eigenvalue weighted by Crippen LogP contribution is 2.17. The number of hydrogen-bond acceptors (Lipinski definition) is 4. The largest absolute Gasteiger partial charge is 0.508 e. The Morgan fingerprint density at radius 1 is 1.10 bits per heavy atom. The second-order valence-corrected chi connectivity index (χ2v) is 4.27. The Hall–Kier alpha value is -3.26. The molecule has 0 unspecified atom stereocenters. The molecule has 21 heavy (non-hydrogen) atoms. The first kappa shape index (κ1) is 14.2. The van der Waals surface area contributed by atoms with Crippen LogP contribution in [0.15, 0.2) is 54.1 Å². The molecule has 0 aromatic heterocycles. The van der Waals surface area contributed by atoms with Crippen LogP contribution in [0.3, 0.4) is 0 Å². The van der Waals surface area contributed by atoms with Crippen LogP contribution in [-0.2, 0) is 4.79 Å². The lowest BCUT2D eigenvalue weighted by atomic mass is 10.1. The van der Waals surface area contributed by atoms with Gasteiger partial charge in [-0.05, 0) is 35.9 Å². The lowest BCUT2D eigenvalue weighted by Crippen LogP contribution is -2.13. The molecule has 0 fully saturated rings. The second-order valence-electron chi connectivity index (χ2n) is 4.27. The van der Waals surface area contributed by atoms with Gasteiger partial charge in [-0.15, -0.1) is 0 Å². The van der Waals surface area contributed by atoms with E-state index in [0.717, 1.165) is 0 Å². The number of carbonyl (C=O) groups is 1. The van der Waals surface area contributed by atoms with Crippen molar-refractivity contribution in [3.05, 3.63) is 59.7 Å². The molecule has 5 heteroatoms. The van der Waals surface area contributed by atoms with Crippen LogP contribution in [0.1, 0.15) is 5.56 Å². The fourth-order valence-electron chi connectivity index (χ4n) is 1.67. The number of nitrogens with one attached hydrogen (secondary N) is 1. The summed E-state index contributed by atoms with van der Waals surface area (Å²) in [6.45, 7) is 0. The quantitative estimate of drug-likeness (QED) is 0.595. The molecule has 0 aliphatic rings. The topological polar surface area (TPSA) is 93.3 Å². The van der Waals surface area contributed by atoms with Gasteiger partial charge in [0.25, 0.3) is 5.91 Å². The predicted octanol–water partition coefficient (Wildman–Crippen LogP) is 2.64. The van der Waals surface area contributed by atoms with E-state index >= 15 is 0 Å². The average Bonchev–Trinajstić information content (AvgIpc) is 2.46. The number of carbonyl (C=O) groups excluding carboxylic acids is 1. The van der Waals surface area contributed by atoms with Crippen LogP contribution in [-0.4, -0.2) is 16.1 Å². The SMILES string of the molecule is N#C/C(=C\c1ccc(O)cc1)C(=O)Nc1cccc(O)c1. The van der Waals surface area contributed by atoms with Gasteiger partial charge < -0.3 is 15.5 Å². The minimum absolute atomic E-state index is 0.0221. The maximum Gasteiger partial charge on any atom is 0.266 e. The Morgan fingerprint density at radius 3 is 2.43 bits per heavy atom. The zero-order valence-electron chi connectivity index (χ0n) is 10.9. The number of hydrogen-bond donors (Lipinski definition) is 3. The predicted molar refractivity (Wildman–Crippen MR) is 78.4 cm³/mol. The zero-order valence-corrected chi connectivity index (χ0v) is 10.9. The molecule has 0 aliphatic carbocycles. The monoisotopic (exact) mass is 280 g/mol. The van der Waals surface area contributed by atoms with Crippen molar-refractivity contribution < 1.29 is 15.0 Å². The van der Waals surface area contributed by atoms with Gasteiger partial charge in [-0.3, -0.25) is 4.79 Å². The van der Waals surface area contributed by atoms with Crippen molar-refractivity contribution in [3.8, 4) is 17.6 Å². The van der Waals surface area contributed by atoms with E-state index < -0.39 is 5.91 Å². The minimum Gasteiger partial charge on any atom is -0.508 e. The second kappa shape index (κ2) is 6.26. The third-order valence-corrected chi connectivity index (χ3v) is 2.67. The number of nitriles is 1. The van der Waals surface area contributed by atoms with E-state index in [1.807, 2.05) is 6.07 Å². The Labute approximate surface area is 121 Å². The lowest BCUT2D eigenvalue weighted by Gasteiger charge is -2.04. The Bertz CT molecular complexity index is 728. The van der Waals surface area contributed by atoms with Crippen LogP contribution < -0.4 is 5.32 Å². The van der Waals surface area contributed by atoms with Crippen molar-refractivity contribution in [3.63, 3.8) is 0 Å². The molecule has 1 amide bonds. The highest BCUT2D eigenvalue weighted by molar-refractivity contribution is 6.09. The van der Waals surface area contributed by atoms with E-state index in [4.69, 9.17) is 5.26 Å². The number of aromatic hydroxyl groups is 2. The first-order valence-corrected chi connectivity index (χ1v) is 6.10. The maximum atomic E-state index is 12.0. The summed E-state index contributed by atoms with van der Waals surface area (Å²) in [4.78, 5) is 12.0. The van der Waals surface area contributed by atoms with Crippen LogP contribution in [0.2, 0.25) is 0 Å². The molecule has 0 saturated heterocycles. The fourth-order valence-corrected chi connectivity index (χ4v) is 1.67. The van der Waals surface area contributed by atoms with Crippen molar-refractivity contribution in [2.75, 3.05) is 5.32 Å². The molecular weight excluding hydrogens is 268 g/mol. The van der Waals surface area contributed by atoms with Crippen molar-refractivity contribution >= 4 is 17.7 Å². The maximum absolute atomic E-state index is 12.0. The van der Waals surface area contributed by atoms with Crippen molar-refractivity contribution in [1.29, 1.82) is 5.26 Å². The molecule has 0 aliphatic heterocycles. The molecule has 0 heterocycles. The Kier molecular flexibility index (Phi) is 4.22. The third kappa shape index (κ3) is 3.85. The molecule has 3 N–H and O–H groups in total. The summed E-state index contributed by atoms with van der Waals surface area (Å²) in [5.74, 6) is -0.445. The summed E-state index contributed by atoms with van der Waals surface area (Å²) < 4.78 is 0.